The molecule has 0 spiro atoms. The molecule has 3 aromatic carbocycles. The van der Waals surface area contributed by atoms with Gasteiger partial charge in [-0.3, -0.25) is 5.32 Å². The summed E-state index contributed by atoms with van der Waals surface area (Å²) in [5.41, 5.74) is 3.17. The molecule has 0 saturated heterocycles. The number of halogens is 1. The lowest BCUT2D eigenvalue weighted by molar-refractivity contribution is 0.411. The number of benzene rings is 3. The van der Waals surface area contributed by atoms with E-state index < -0.39 is 0 Å². The highest BCUT2D eigenvalue weighted by Crippen LogP contribution is 2.28. The van der Waals surface area contributed by atoms with Gasteiger partial charge < -0.3 is 4.42 Å². The number of rotatable bonds is 6. The Balaban J connectivity index is 1.67. The third-order valence-electron chi connectivity index (χ3n) is 4.63. The molecule has 0 fully saturated rings. The Morgan fingerprint density at radius 2 is 1.43 bits per heavy atom. The van der Waals surface area contributed by atoms with Gasteiger partial charge in [-0.15, -0.1) is 10.2 Å². The van der Waals surface area contributed by atoms with Crippen LogP contribution in [0.15, 0.2) is 93.8 Å². The Kier molecular flexibility index (Phi) is 5.65. The summed E-state index contributed by atoms with van der Waals surface area (Å²) in [6.07, 6.45) is 0. The van der Waals surface area contributed by atoms with E-state index in [1.165, 1.54) is 5.56 Å². The van der Waals surface area contributed by atoms with E-state index in [0.717, 1.165) is 15.6 Å². The fraction of sp³-hybridized carbons (Fsp3) is 0.130. The van der Waals surface area contributed by atoms with E-state index in [-0.39, 0.29) is 12.1 Å². The average Bonchev–Trinajstić information content (AvgIpc) is 3.24. The second kappa shape index (κ2) is 8.50. The minimum atomic E-state index is -0.215. The molecule has 4 rings (SSSR count). The van der Waals surface area contributed by atoms with Crippen molar-refractivity contribution in [3.63, 3.8) is 0 Å². The maximum absolute atomic E-state index is 6.06. The maximum Gasteiger partial charge on any atom is 0.247 e. The first kappa shape index (κ1) is 18.6. The highest BCUT2D eigenvalue weighted by atomic mass is 79.9. The van der Waals surface area contributed by atoms with E-state index in [1.54, 1.807) is 0 Å². The van der Waals surface area contributed by atoms with Gasteiger partial charge in [0.2, 0.25) is 11.8 Å². The molecular formula is C23H20BrN3O. The van der Waals surface area contributed by atoms with Crippen molar-refractivity contribution in [3.8, 4) is 11.5 Å². The smallest absolute Gasteiger partial charge is 0.247 e. The van der Waals surface area contributed by atoms with Crippen molar-refractivity contribution in [1.82, 2.24) is 15.5 Å². The van der Waals surface area contributed by atoms with Crippen LogP contribution in [0.2, 0.25) is 0 Å². The molecule has 0 bridgehead atoms. The van der Waals surface area contributed by atoms with Gasteiger partial charge in [0, 0.05) is 16.1 Å². The van der Waals surface area contributed by atoms with Crippen LogP contribution in [0.4, 0.5) is 0 Å². The van der Waals surface area contributed by atoms with Gasteiger partial charge in [-0.2, -0.15) is 0 Å². The molecule has 0 amide bonds. The van der Waals surface area contributed by atoms with Crippen LogP contribution in [0.5, 0.6) is 0 Å². The van der Waals surface area contributed by atoms with Crippen LogP contribution in [-0.4, -0.2) is 10.2 Å². The molecule has 140 valence electrons. The first-order valence-electron chi connectivity index (χ1n) is 9.16. The Morgan fingerprint density at radius 3 is 2.11 bits per heavy atom. The highest BCUT2D eigenvalue weighted by Gasteiger charge is 2.23. The van der Waals surface area contributed by atoms with Gasteiger partial charge in [-0.25, -0.2) is 0 Å². The van der Waals surface area contributed by atoms with Crippen molar-refractivity contribution < 1.29 is 4.42 Å². The third kappa shape index (κ3) is 4.21. The molecule has 4 nitrogen and oxygen atoms in total. The first-order valence-corrected chi connectivity index (χ1v) is 9.95. The summed E-state index contributed by atoms with van der Waals surface area (Å²) in [6, 6.07) is 28.2. The van der Waals surface area contributed by atoms with Crippen LogP contribution in [-0.2, 0) is 0 Å². The predicted molar refractivity (Wildman–Crippen MR) is 114 cm³/mol. The molecule has 2 atom stereocenters. The molecule has 0 aliphatic carbocycles. The van der Waals surface area contributed by atoms with Gasteiger partial charge in [0.25, 0.3) is 0 Å². The van der Waals surface area contributed by atoms with Gasteiger partial charge in [0.15, 0.2) is 0 Å². The van der Waals surface area contributed by atoms with Crippen molar-refractivity contribution in [2.45, 2.75) is 19.0 Å². The number of hydrogen-bond acceptors (Lipinski definition) is 4. The lowest BCUT2D eigenvalue weighted by Crippen LogP contribution is -2.26. The van der Waals surface area contributed by atoms with E-state index in [9.17, 15) is 0 Å². The van der Waals surface area contributed by atoms with Gasteiger partial charge in [0.05, 0.1) is 0 Å². The summed E-state index contributed by atoms with van der Waals surface area (Å²) in [7, 11) is 0. The van der Waals surface area contributed by atoms with Gasteiger partial charge >= 0.3 is 0 Å². The lowest BCUT2D eigenvalue weighted by atomic mass is 10.0. The Bertz CT molecular complexity index is 1020. The van der Waals surface area contributed by atoms with Crippen LogP contribution in [0.3, 0.4) is 0 Å². The number of hydrogen-bond donors (Lipinski definition) is 1. The maximum atomic E-state index is 6.06. The van der Waals surface area contributed by atoms with Crippen molar-refractivity contribution in [3.05, 3.63) is 106 Å². The molecule has 0 unspecified atom stereocenters. The Labute approximate surface area is 172 Å². The summed E-state index contributed by atoms with van der Waals surface area (Å²) >= 11 is 3.50. The second-order valence-corrected chi connectivity index (χ2v) is 7.51. The molecule has 5 heteroatoms. The molecule has 0 aliphatic heterocycles. The molecule has 1 aromatic heterocycles. The Morgan fingerprint density at radius 1 is 0.786 bits per heavy atom. The van der Waals surface area contributed by atoms with Crippen molar-refractivity contribution in [1.29, 1.82) is 0 Å². The molecule has 4 aromatic rings. The van der Waals surface area contributed by atoms with E-state index in [1.807, 2.05) is 60.7 Å². The highest BCUT2D eigenvalue weighted by molar-refractivity contribution is 9.10. The van der Waals surface area contributed by atoms with Crippen molar-refractivity contribution >= 4 is 15.9 Å². The topological polar surface area (TPSA) is 51.0 Å². The van der Waals surface area contributed by atoms with E-state index in [2.05, 4.69) is 62.6 Å². The van der Waals surface area contributed by atoms with Crippen LogP contribution in [0.1, 0.15) is 36.0 Å². The summed E-state index contributed by atoms with van der Waals surface area (Å²) in [5.74, 6) is 1.07. The zero-order valence-electron chi connectivity index (χ0n) is 15.4. The summed E-state index contributed by atoms with van der Waals surface area (Å²) in [6.45, 7) is 2.13. The zero-order chi connectivity index (χ0) is 19.3. The SMILES string of the molecule is C[C@@H](N[C@@H](c1ccc(Br)cc1)c1nnc(-c2ccccc2)o1)c1ccccc1. The van der Waals surface area contributed by atoms with Crippen LogP contribution in [0, 0.1) is 0 Å². The molecule has 28 heavy (non-hydrogen) atoms. The molecule has 0 aliphatic rings. The first-order chi connectivity index (χ1) is 13.7. The molecule has 0 saturated carbocycles. The van der Waals surface area contributed by atoms with E-state index in [0.29, 0.717) is 11.8 Å². The van der Waals surface area contributed by atoms with Crippen molar-refractivity contribution in [2.24, 2.45) is 0 Å². The average molecular weight is 434 g/mol. The molecule has 1 heterocycles. The summed E-state index contributed by atoms with van der Waals surface area (Å²) in [4.78, 5) is 0. The zero-order valence-corrected chi connectivity index (χ0v) is 17.0. The lowest BCUT2D eigenvalue weighted by Gasteiger charge is -2.21. The fourth-order valence-corrected chi connectivity index (χ4v) is 3.37. The fourth-order valence-electron chi connectivity index (χ4n) is 3.10. The van der Waals surface area contributed by atoms with Gasteiger partial charge in [-0.1, -0.05) is 76.6 Å². The minimum Gasteiger partial charge on any atom is -0.419 e. The quantitative estimate of drug-likeness (QED) is 0.408. The van der Waals surface area contributed by atoms with E-state index in [4.69, 9.17) is 4.42 Å². The second-order valence-electron chi connectivity index (χ2n) is 6.60. The minimum absolute atomic E-state index is 0.113. The van der Waals surface area contributed by atoms with Gasteiger partial charge in [-0.05, 0) is 42.3 Å². The third-order valence-corrected chi connectivity index (χ3v) is 5.16. The summed E-state index contributed by atoms with van der Waals surface area (Å²) in [5, 5.41) is 12.3. The van der Waals surface area contributed by atoms with Crippen LogP contribution in [0.25, 0.3) is 11.5 Å². The van der Waals surface area contributed by atoms with Gasteiger partial charge in [0.1, 0.15) is 6.04 Å². The van der Waals surface area contributed by atoms with E-state index >= 15 is 0 Å². The molecular weight excluding hydrogens is 414 g/mol. The van der Waals surface area contributed by atoms with Crippen molar-refractivity contribution in [2.75, 3.05) is 0 Å². The number of aromatic nitrogens is 2. The predicted octanol–water partition coefficient (Wildman–Crippen LogP) is 5.94. The Hall–Kier alpha value is -2.76. The molecule has 1 N–H and O–H groups in total. The summed E-state index contributed by atoms with van der Waals surface area (Å²) < 4.78 is 7.09. The monoisotopic (exact) mass is 433 g/mol. The van der Waals surface area contributed by atoms with Crippen LogP contribution < -0.4 is 5.32 Å². The largest absolute Gasteiger partial charge is 0.419 e. The molecule has 0 radical (unpaired) electrons. The normalized spacial score (nSPS) is 13.2. The standard InChI is InChI=1S/C23H20BrN3O/c1-16(17-8-4-2-5-9-17)25-21(18-12-14-20(24)15-13-18)23-27-26-22(28-23)19-10-6-3-7-11-19/h2-16,21,25H,1H3/t16-,21+/m1/s1. The van der Waals surface area contributed by atoms with Crippen LogP contribution >= 0.6 is 15.9 Å². The number of nitrogens with one attached hydrogen (secondary N) is 1. The number of nitrogens with zero attached hydrogens (tertiary/aromatic N) is 2.